The second-order valence-corrected chi connectivity index (χ2v) is 3.54. The number of carbonyl (C=O) groups excluding carboxylic acids is 3. The lowest BCUT2D eigenvalue weighted by Gasteiger charge is -2.27. The fourth-order valence-corrected chi connectivity index (χ4v) is 1.49. The number of primary amides is 1. The van der Waals surface area contributed by atoms with Gasteiger partial charge in [-0.15, -0.1) is 0 Å². The van der Waals surface area contributed by atoms with Gasteiger partial charge in [0.2, 0.25) is 11.8 Å². The van der Waals surface area contributed by atoms with E-state index in [0.29, 0.717) is 13.1 Å². The first-order chi connectivity index (χ1) is 7.59. The Morgan fingerprint density at radius 3 is 2.38 bits per heavy atom. The molecular formula is C9H16N4O3. The van der Waals surface area contributed by atoms with Crippen LogP contribution in [0, 0.1) is 0 Å². The molecule has 7 heteroatoms. The summed E-state index contributed by atoms with van der Waals surface area (Å²) in [5.41, 5.74) is 4.77. The number of rotatable bonds is 3. The highest BCUT2D eigenvalue weighted by atomic mass is 16.2. The zero-order valence-electron chi connectivity index (χ0n) is 8.99. The molecule has 1 fully saturated rings. The molecule has 0 unspecified atom stereocenters. The van der Waals surface area contributed by atoms with Gasteiger partial charge in [0, 0.05) is 39.0 Å². The first-order valence-corrected chi connectivity index (χ1v) is 5.17. The van der Waals surface area contributed by atoms with Gasteiger partial charge in [-0.2, -0.15) is 0 Å². The van der Waals surface area contributed by atoms with E-state index in [1.165, 1.54) is 0 Å². The molecule has 0 aromatic rings. The van der Waals surface area contributed by atoms with Crippen molar-refractivity contribution in [1.82, 2.24) is 15.5 Å². The Bertz CT molecular complexity index is 286. The molecular weight excluding hydrogens is 212 g/mol. The minimum Gasteiger partial charge on any atom is -0.351 e. The molecule has 4 N–H and O–H groups in total. The van der Waals surface area contributed by atoms with Gasteiger partial charge < -0.3 is 16.0 Å². The minimum absolute atomic E-state index is 0.00823. The molecule has 1 aliphatic heterocycles. The summed E-state index contributed by atoms with van der Waals surface area (Å²) < 4.78 is 0. The molecule has 4 amide bonds. The number of imide groups is 1. The highest BCUT2D eigenvalue weighted by Crippen LogP contribution is 1.99. The standard InChI is InChI=1S/C9H16N4O3/c10-9(16)12-7(14)1-2-8(15)13-5-3-11-4-6-13/h11H,1-6H2,(H3,10,12,14,16). The van der Waals surface area contributed by atoms with Crippen molar-refractivity contribution in [2.75, 3.05) is 26.2 Å². The van der Waals surface area contributed by atoms with E-state index >= 15 is 0 Å². The summed E-state index contributed by atoms with van der Waals surface area (Å²) in [6.45, 7) is 2.88. The van der Waals surface area contributed by atoms with Crippen molar-refractivity contribution in [3.8, 4) is 0 Å². The van der Waals surface area contributed by atoms with E-state index in [1.54, 1.807) is 4.90 Å². The Hall–Kier alpha value is -1.63. The van der Waals surface area contributed by atoms with Gasteiger partial charge in [0.25, 0.3) is 0 Å². The van der Waals surface area contributed by atoms with Crippen LogP contribution in [0.15, 0.2) is 0 Å². The van der Waals surface area contributed by atoms with E-state index in [0.717, 1.165) is 13.1 Å². The van der Waals surface area contributed by atoms with Gasteiger partial charge in [-0.25, -0.2) is 4.79 Å². The molecule has 16 heavy (non-hydrogen) atoms. The van der Waals surface area contributed by atoms with E-state index in [-0.39, 0.29) is 18.7 Å². The third-order valence-electron chi connectivity index (χ3n) is 2.30. The molecule has 0 aliphatic carbocycles. The topological polar surface area (TPSA) is 105 Å². The summed E-state index contributed by atoms with van der Waals surface area (Å²) >= 11 is 0. The molecule has 0 saturated carbocycles. The molecule has 7 nitrogen and oxygen atoms in total. The maximum absolute atomic E-state index is 11.6. The number of urea groups is 1. The van der Waals surface area contributed by atoms with Crippen LogP contribution in [0.5, 0.6) is 0 Å². The third-order valence-corrected chi connectivity index (χ3v) is 2.30. The van der Waals surface area contributed by atoms with Crippen LogP contribution >= 0.6 is 0 Å². The van der Waals surface area contributed by atoms with Crippen LogP contribution in [0.1, 0.15) is 12.8 Å². The number of hydrogen-bond donors (Lipinski definition) is 3. The van der Waals surface area contributed by atoms with Crippen molar-refractivity contribution in [3.63, 3.8) is 0 Å². The van der Waals surface area contributed by atoms with Crippen molar-refractivity contribution in [3.05, 3.63) is 0 Å². The number of nitrogens with zero attached hydrogens (tertiary/aromatic N) is 1. The SMILES string of the molecule is NC(=O)NC(=O)CCC(=O)N1CCNCC1. The van der Waals surface area contributed by atoms with Crippen LogP contribution < -0.4 is 16.4 Å². The summed E-state index contributed by atoms with van der Waals surface area (Å²) in [7, 11) is 0. The summed E-state index contributed by atoms with van der Waals surface area (Å²) in [4.78, 5) is 34.7. The first-order valence-electron chi connectivity index (χ1n) is 5.17. The average Bonchev–Trinajstić information content (AvgIpc) is 2.26. The Balaban J connectivity index is 2.23. The summed E-state index contributed by atoms with van der Waals surface area (Å²) in [5, 5.41) is 5.04. The molecule has 1 aliphatic rings. The van der Waals surface area contributed by atoms with Crippen LogP contribution in [0.25, 0.3) is 0 Å². The van der Waals surface area contributed by atoms with Crippen molar-refractivity contribution in [2.45, 2.75) is 12.8 Å². The van der Waals surface area contributed by atoms with Crippen molar-refractivity contribution in [2.24, 2.45) is 5.73 Å². The van der Waals surface area contributed by atoms with Crippen LogP contribution in [0.2, 0.25) is 0 Å². The van der Waals surface area contributed by atoms with Gasteiger partial charge in [-0.05, 0) is 0 Å². The van der Waals surface area contributed by atoms with Gasteiger partial charge in [0.05, 0.1) is 0 Å². The molecule has 1 saturated heterocycles. The maximum Gasteiger partial charge on any atom is 0.318 e. The Morgan fingerprint density at radius 1 is 1.19 bits per heavy atom. The Kier molecular flexibility index (Phi) is 4.71. The lowest BCUT2D eigenvalue weighted by Crippen LogP contribution is -2.46. The predicted octanol–water partition coefficient (Wildman–Crippen LogP) is -1.61. The number of amides is 4. The van der Waals surface area contributed by atoms with E-state index < -0.39 is 11.9 Å². The molecule has 0 radical (unpaired) electrons. The predicted molar refractivity (Wildman–Crippen MR) is 56.4 cm³/mol. The number of nitrogens with two attached hydrogens (primary N) is 1. The molecule has 0 aromatic heterocycles. The highest BCUT2D eigenvalue weighted by Gasteiger charge is 2.17. The lowest BCUT2D eigenvalue weighted by atomic mass is 10.2. The monoisotopic (exact) mass is 228 g/mol. The summed E-state index contributed by atoms with van der Waals surface area (Å²) in [5.74, 6) is -0.586. The number of hydrogen-bond acceptors (Lipinski definition) is 4. The molecule has 90 valence electrons. The zero-order chi connectivity index (χ0) is 12.0. The molecule has 1 rings (SSSR count). The Morgan fingerprint density at radius 2 is 1.81 bits per heavy atom. The number of carbonyl (C=O) groups is 3. The van der Waals surface area contributed by atoms with Crippen molar-refractivity contribution in [1.29, 1.82) is 0 Å². The van der Waals surface area contributed by atoms with E-state index in [2.05, 4.69) is 5.32 Å². The summed E-state index contributed by atoms with van der Waals surface area (Å²) in [6, 6.07) is -0.889. The molecule has 0 spiro atoms. The first kappa shape index (κ1) is 12.4. The highest BCUT2D eigenvalue weighted by molar-refractivity contribution is 5.94. The van der Waals surface area contributed by atoms with Crippen LogP contribution in [0.4, 0.5) is 4.79 Å². The third kappa shape index (κ3) is 4.26. The second-order valence-electron chi connectivity index (χ2n) is 3.54. The fraction of sp³-hybridized carbons (Fsp3) is 0.667. The van der Waals surface area contributed by atoms with E-state index in [4.69, 9.17) is 5.73 Å². The zero-order valence-corrected chi connectivity index (χ0v) is 8.99. The van der Waals surface area contributed by atoms with Gasteiger partial charge in [0.15, 0.2) is 0 Å². The molecule has 1 heterocycles. The molecule has 0 atom stereocenters. The Labute approximate surface area is 93.3 Å². The number of piperazine rings is 1. The summed E-state index contributed by atoms with van der Waals surface area (Å²) in [6.07, 6.45) is 0.102. The van der Waals surface area contributed by atoms with Gasteiger partial charge in [-0.1, -0.05) is 0 Å². The quantitative estimate of drug-likeness (QED) is 0.540. The number of nitrogens with one attached hydrogen (secondary N) is 2. The average molecular weight is 228 g/mol. The van der Waals surface area contributed by atoms with Crippen LogP contribution in [0.3, 0.4) is 0 Å². The second kappa shape index (κ2) is 6.06. The smallest absolute Gasteiger partial charge is 0.318 e. The van der Waals surface area contributed by atoms with Crippen LogP contribution in [-0.2, 0) is 9.59 Å². The van der Waals surface area contributed by atoms with Crippen molar-refractivity contribution >= 4 is 17.8 Å². The maximum atomic E-state index is 11.6. The van der Waals surface area contributed by atoms with E-state index in [1.807, 2.05) is 5.32 Å². The largest absolute Gasteiger partial charge is 0.351 e. The minimum atomic E-state index is -0.889. The van der Waals surface area contributed by atoms with Crippen LogP contribution in [-0.4, -0.2) is 48.9 Å². The normalized spacial score (nSPS) is 15.6. The molecule has 0 aromatic carbocycles. The lowest BCUT2D eigenvalue weighted by molar-refractivity contribution is -0.133. The van der Waals surface area contributed by atoms with Gasteiger partial charge in [0.1, 0.15) is 0 Å². The van der Waals surface area contributed by atoms with Crippen molar-refractivity contribution < 1.29 is 14.4 Å². The van der Waals surface area contributed by atoms with E-state index in [9.17, 15) is 14.4 Å². The van der Waals surface area contributed by atoms with Gasteiger partial charge >= 0.3 is 6.03 Å². The van der Waals surface area contributed by atoms with Gasteiger partial charge in [-0.3, -0.25) is 14.9 Å². The molecule has 0 bridgehead atoms. The fourth-order valence-electron chi connectivity index (χ4n) is 1.49.